The number of hydrogen-bond acceptors (Lipinski definition) is 4. The highest BCUT2D eigenvalue weighted by Gasteiger charge is 2.43. The van der Waals surface area contributed by atoms with Crippen molar-refractivity contribution in [1.82, 2.24) is 14.9 Å². The average Bonchev–Trinajstić information content (AvgIpc) is 3.39. The van der Waals surface area contributed by atoms with E-state index >= 15 is 0 Å². The Morgan fingerprint density at radius 3 is 2.36 bits per heavy atom. The molecule has 6 nitrogen and oxygen atoms in total. The Morgan fingerprint density at radius 1 is 0.917 bits per heavy atom. The monoisotopic (exact) mass is 518 g/mol. The summed E-state index contributed by atoms with van der Waals surface area (Å²) in [6.45, 7) is 4.20. The van der Waals surface area contributed by atoms with Crippen molar-refractivity contribution in [3.8, 4) is 17.2 Å². The number of rotatable bonds is 6. The molecule has 1 N–H and O–H groups in total. The molecule has 1 aliphatic heterocycles. The molecular weight excluding hydrogens is 492 g/mol. The van der Waals surface area contributed by atoms with Gasteiger partial charge in [0.25, 0.3) is 0 Å². The molecule has 3 heterocycles. The number of para-hydroxylation sites is 2. The van der Waals surface area contributed by atoms with Crippen molar-refractivity contribution < 1.29 is 9.47 Å². The maximum Gasteiger partial charge on any atom is 0.174 e. The molecule has 36 heavy (non-hydrogen) atoms. The van der Waals surface area contributed by atoms with E-state index in [-0.39, 0.29) is 12.1 Å². The van der Waals surface area contributed by atoms with Gasteiger partial charge in [0.2, 0.25) is 0 Å². The van der Waals surface area contributed by atoms with Crippen molar-refractivity contribution in [2.75, 3.05) is 19.1 Å². The average molecular weight is 519 g/mol. The number of benzene rings is 2. The Bertz CT molecular complexity index is 1420. The molecule has 1 aliphatic rings. The van der Waals surface area contributed by atoms with E-state index in [1.165, 1.54) is 0 Å². The van der Waals surface area contributed by atoms with Crippen LogP contribution >= 0.6 is 23.8 Å². The van der Waals surface area contributed by atoms with Crippen LogP contribution in [0.2, 0.25) is 5.02 Å². The standard InChI is InChI=1S/C28H27ClN4O2S/c1-17-15-20(18(2)32(17)23-16-19(29)12-13-25(23)35-4)27-26(21-9-7-8-14-30-21)31-28(36)33(27)22-10-5-6-11-24(22)34-3/h5-16,26-27H,1-4H3,(H,31,36)/t26-,27-/m1/s1. The van der Waals surface area contributed by atoms with Gasteiger partial charge in [-0.1, -0.05) is 29.8 Å². The van der Waals surface area contributed by atoms with E-state index in [4.69, 9.17) is 33.3 Å². The first kappa shape index (κ1) is 24.2. The zero-order chi connectivity index (χ0) is 25.4. The molecule has 2 aromatic heterocycles. The molecule has 2 aromatic carbocycles. The van der Waals surface area contributed by atoms with Crippen LogP contribution in [-0.2, 0) is 0 Å². The summed E-state index contributed by atoms with van der Waals surface area (Å²) < 4.78 is 13.6. The SMILES string of the molecule is COc1ccccc1N1C(=S)N[C@H](c2ccccn2)[C@H]1c1cc(C)n(-c2cc(Cl)ccc2OC)c1C. The smallest absolute Gasteiger partial charge is 0.174 e. The fraction of sp³-hybridized carbons (Fsp3) is 0.214. The van der Waals surface area contributed by atoms with Crippen molar-refractivity contribution in [2.24, 2.45) is 0 Å². The summed E-state index contributed by atoms with van der Waals surface area (Å²) in [5.41, 5.74) is 5.92. The Morgan fingerprint density at radius 2 is 1.64 bits per heavy atom. The molecule has 0 bridgehead atoms. The van der Waals surface area contributed by atoms with E-state index in [0.29, 0.717) is 10.1 Å². The van der Waals surface area contributed by atoms with Gasteiger partial charge in [0, 0.05) is 22.6 Å². The number of aromatic nitrogens is 2. The van der Waals surface area contributed by atoms with Crippen molar-refractivity contribution in [3.05, 3.63) is 101 Å². The quantitative estimate of drug-likeness (QED) is 0.301. The second-order valence-corrected chi connectivity index (χ2v) is 9.47. The molecule has 0 amide bonds. The van der Waals surface area contributed by atoms with Gasteiger partial charge in [-0.05, 0) is 80.2 Å². The van der Waals surface area contributed by atoms with Crippen molar-refractivity contribution >= 4 is 34.6 Å². The van der Waals surface area contributed by atoms with Crippen LogP contribution in [0.25, 0.3) is 5.69 Å². The van der Waals surface area contributed by atoms with Crippen molar-refractivity contribution in [2.45, 2.75) is 25.9 Å². The zero-order valence-electron chi connectivity index (χ0n) is 20.5. The highest BCUT2D eigenvalue weighted by molar-refractivity contribution is 7.80. The van der Waals surface area contributed by atoms with Gasteiger partial charge >= 0.3 is 0 Å². The Labute approximate surface area is 221 Å². The van der Waals surface area contributed by atoms with Gasteiger partial charge in [0.05, 0.1) is 43.4 Å². The van der Waals surface area contributed by atoms with Gasteiger partial charge < -0.3 is 24.3 Å². The maximum atomic E-state index is 6.39. The molecule has 1 saturated heterocycles. The van der Waals surface area contributed by atoms with Gasteiger partial charge in [0.15, 0.2) is 5.11 Å². The second-order valence-electron chi connectivity index (χ2n) is 8.65. The number of aryl methyl sites for hydroxylation is 1. The predicted octanol–water partition coefficient (Wildman–Crippen LogP) is 6.34. The Balaban J connectivity index is 1.72. The highest BCUT2D eigenvalue weighted by Crippen LogP contribution is 2.46. The summed E-state index contributed by atoms with van der Waals surface area (Å²) in [5, 5.41) is 4.79. The third-order valence-corrected chi connectivity index (χ3v) is 7.16. The van der Waals surface area contributed by atoms with Gasteiger partial charge in [-0.15, -0.1) is 0 Å². The van der Waals surface area contributed by atoms with Crippen LogP contribution < -0.4 is 19.7 Å². The van der Waals surface area contributed by atoms with Crippen LogP contribution in [-0.4, -0.2) is 28.9 Å². The molecular formula is C28H27ClN4O2S. The summed E-state index contributed by atoms with van der Waals surface area (Å²) in [6.07, 6.45) is 1.81. The van der Waals surface area contributed by atoms with Crippen molar-refractivity contribution in [3.63, 3.8) is 0 Å². The lowest BCUT2D eigenvalue weighted by molar-refractivity contribution is 0.412. The minimum atomic E-state index is -0.172. The summed E-state index contributed by atoms with van der Waals surface area (Å²) in [4.78, 5) is 6.81. The number of pyridine rings is 1. The van der Waals surface area contributed by atoms with E-state index in [2.05, 4.69) is 39.7 Å². The lowest BCUT2D eigenvalue weighted by Crippen LogP contribution is -2.30. The molecule has 2 atom stereocenters. The first-order chi connectivity index (χ1) is 17.4. The topological polar surface area (TPSA) is 51.5 Å². The highest BCUT2D eigenvalue weighted by atomic mass is 35.5. The predicted molar refractivity (Wildman–Crippen MR) is 148 cm³/mol. The second kappa shape index (κ2) is 9.84. The van der Waals surface area contributed by atoms with Crippen molar-refractivity contribution in [1.29, 1.82) is 0 Å². The molecule has 8 heteroatoms. The molecule has 0 radical (unpaired) electrons. The zero-order valence-corrected chi connectivity index (χ0v) is 22.1. The van der Waals surface area contributed by atoms with Crippen LogP contribution in [0, 0.1) is 13.8 Å². The van der Waals surface area contributed by atoms with Crippen LogP contribution in [0.3, 0.4) is 0 Å². The maximum absolute atomic E-state index is 6.39. The number of halogens is 1. The van der Waals surface area contributed by atoms with E-state index in [9.17, 15) is 0 Å². The fourth-order valence-electron chi connectivity index (χ4n) is 5.05. The van der Waals surface area contributed by atoms with Crippen LogP contribution in [0.1, 0.15) is 34.7 Å². The third kappa shape index (κ3) is 4.08. The van der Waals surface area contributed by atoms with Crippen LogP contribution in [0.5, 0.6) is 11.5 Å². The molecule has 0 aliphatic carbocycles. The number of anilines is 1. The molecule has 1 fully saturated rings. The molecule has 5 rings (SSSR count). The minimum Gasteiger partial charge on any atom is -0.495 e. The summed E-state index contributed by atoms with van der Waals surface area (Å²) in [6, 6.07) is 21.4. The van der Waals surface area contributed by atoms with Gasteiger partial charge in [-0.25, -0.2) is 0 Å². The lowest BCUT2D eigenvalue weighted by Gasteiger charge is -2.29. The molecule has 0 unspecified atom stereocenters. The molecule has 184 valence electrons. The minimum absolute atomic E-state index is 0.168. The largest absolute Gasteiger partial charge is 0.495 e. The molecule has 4 aromatic rings. The summed E-state index contributed by atoms with van der Waals surface area (Å²) >= 11 is 12.3. The van der Waals surface area contributed by atoms with Gasteiger partial charge in [0.1, 0.15) is 11.5 Å². The fourth-order valence-corrected chi connectivity index (χ4v) is 5.56. The lowest BCUT2D eigenvalue weighted by atomic mass is 9.96. The van der Waals surface area contributed by atoms with E-state index in [0.717, 1.165) is 45.5 Å². The first-order valence-electron chi connectivity index (χ1n) is 11.6. The van der Waals surface area contributed by atoms with Gasteiger partial charge in [-0.2, -0.15) is 0 Å². The summed E-state index contributed by atoms with van der Waals surface area (Å²) in [7, 11) is 3.34. The first-order valence-corrected chi connectivity index (χ1v) is 12.4. The van der Waals surface area contributed by atoms with Gasteiger partial charge in [-0.3, -0.25) is 4.98 Å². The number of thiocarbonyl (C=S) groups is 1. The molecule has 0 spiro atoms. The normalized spacial score (nSPS) is 17.2. The van der Waals surface area contributed by atoms with E-state index in [1.807, 2.05) is 66.9 Å². The van der Waals surface area contributed by atoms with E-state index in [1.54, 1.807) is 14.2 Å². The summed E-state index contributed by atoms with van der Waals surface area (Å²) in [5.74, 6) is 1.49. The number of ether oxygens (including phenoxy) is 2. The number of hydrogen-bond donors (Lipinski definition) is 1. The Hall–Kier alpha value is -3.55. The number of methoxy groups -OCH3 is 2. The Kier molecular flexibility index (Phi) is 6.60. The van der Waals surface area contributed by atoms with Crippen LogP contribution in [0.4, 0.5) is 5.69 Å². The molecule has 0 saturated carbocycles. The number of nitrogens with zero attached hydrogens (tertiary/aromatic N) is 3. The van der Waals surface area contributed by atoms with Crippen LogP contribution in [0.15, 0.2) is 72.9 Å². The number of nitrogens with one attached hydrogen (secondary N) is 1. The third-order valence-electron chi connectivity index (χ3n) is 6.61. The van der Waals surface area contributed by atoms with E-state index < -0.39 is 0 Å².